The van der Waals surface area contributed by atoms with Crippen LogP contribution in [0.4, 0.5) is 0 Å². The van der Waals surface area contributed by atoms with E-state index in [-0.39, 0.29) is 31.1 Å². The number of carbonyl (C=O) groups excluding carboxylic acids is 3. The minimum atomic E-state index is -0.772. The second-order valence-electron chi connectivity index (χ2n) is 22.0. The molecule has 0 spiro atoms. The summed E-state index contributed by atoms with van der Waals surface area (Å²) in [6.07, 6.45) is 75.8. The number of ether oxygens (including phenoxy) is 3. The number of unbranched alkanes of at least 4 members (excludes halogenated alkanes) is 43. The lowest BCUT2D eigenvalue weighted by Gasteiger charge is -2.18. The average molecular weight is 1030 g/mol. The maximum Gasteiger partial charge on any atom is 0.306 e. The Morgan fingerprint density at radius 1 is 0.274 bits per heavy atom. The van der Waals surface area contributed by atoms with Crippen LogP contribution in [0, 0.1) is 0 Å². The molecule has 73 heavy (non-hydrogen) atoms. The van der Waals surface area contributed by atoms with Crippen molar-refractivity contribution in [1.82, 2.24) is 0 Å². The SMILES string of the molecule is CCCCC/C=C\C/C=C\CCCCCCCCCCCC(=O)OC(COC(=O)CCCCCCCCCCCCC/C=C\CCCCCCCCCC)COC(=O)CCCCCCCCCCCCCCC. The van der Waals surface area contributed by atoms with Gasteiger partial charge in [-0.25, -0.2) is 0 Å². The molecule has 0 rings (SSSR count). The van der Waals surface area contributed by atoms with E-state index in [0.717, 1.165) is 64.2 Å². The van der Waals surface area contributed by atoms with Crippen LogP contribution in [0.1, 0.15) is 355 Å². The molecule has 0 aromatic heterocycles. The van der Waals surface area contributed by atoms with Crippen molar-refractivity contribution in [3.63, 3.8) is 0 Å². The predicted molar refractivity (Wildman–Crippen MR) is 316 cm³/mol. The first-order valence-corrected chi connectivity index (χ1v) is 32.5. The van der Waals surface area contributed by atoms with Gasteiger partial charge in [-0.1, -0.05) is 295 Å². The summed E-state index contributed by atoms with van der Waals surface area (Å²) in [5.74, 6) is -0.851. The molecule has 6 heteroatoms. The van der Waals surface area contributed by atoms with Crippen molar-refractivity contribution in [3.05, 3.63) is 36.5 Å². The fourth-order valence-electron chi connectivity index (χ4n) is 9.71. The van der Waals surface area contributed by atoms with Gasteiger partial charge in [0.1, 0.15) is 13.2 Å². The highest BCUT2D eigenvalue weighted by Crippen LogP contribution is 2.17. The van der Waals surface area contributed by atoms with Gasteiger partial charge in [-0.05, 0) is 77.0 Å². The number of hydrogen-bond donors (Lipinski definition) is 0. The molecule has 428 valence electrons. The summed E-state index contributed by atoms with van der Waals surface area (Å²) >= 11 is 0. The van der Waals surface area contributed by atoms with Gasteiger partial charge in [-0.2, -0.15) is 0 Å². The Hall–Kier alpha value is -2.37. The zero-order valence-corrected chi connectivity index (χ0v) is 49.2. The molecular formula is C67H124O6. The molecular weight excluding hydrogens is 901 g/mol. The van der Waals surface area contributed by atoms with Crippen LogP contribution in [0.15, 0.2) is 36.5 Å². The summed E-state index contributed by atoms with van der Waals surface area (Å²) in [5.41, 5.74) is 0. The number of allylic oxidation sites excluding steroid dienone is 6. The molecule has 0 aromatic carbocycles. The zero-order chi connectivity index (χ0) is 52.9. The molecule has 0 amide bonds. The first-order valence-electron chi connectivity index (χ1n) is 32.5. The van der Waals surface area contributed by atoms with E-state index in [1.807, 2.05) is 0 Å². The minimum absolute atomic E-state index is 0.0695. The van der Waals surface area contributed by atoms with Gasteiger partial charge in [0, 0.05) is 19.3 Å². The van der Waals surface area contributed by atoms with Crippen LogP contribution >= 0.6 is 0 Å². The molecule has 1 atom stereocenters. The number of rotatable bonds is 60. The molecule has 0 N–H and O–H groups in total. The summed E-state index contributed by atoms with van der Waals surface area (Å²) in [4.78, 5) is 38.3. The smallest absolute Gasteiger partial charge is 0.306 e. The number of hydrogen-bond acceptors (Lipinski definition) is 6. The fraction of sp³-hybridized carbons (Fsp3) is 0.866. The summed E-state index contributed by atoms with van der Waals surface area (Å²) in [7, 11) is 0. The Morgan fingerprint density at radius 2 is 0.493 bits per heavy atom. The Morgan fingerprint density at radius 3 is 0.795 bits per heavy atom. The Bertz CT molecular complexity index is 1220. The first-order chi connectivity index (χ1) is 36.0. The highest BCUT2D eigenvalue weighted by Gasteiger charge is 2.19. The van der Waals surface area contributed by atoms with Gasteiger partial charge >= 0.3 is 17.9 Å². The monoisotopic (exact) mass is 1020 g/mol. The quantitative estimate of drug-likeness (QED) is 0.0261. The Balaban J connectivity index is 4.28. The third-order valence-electron chi connectivity index (χ3n) is 14.6. The lowest BCUT2D eigenvalue weighted by molar-refractivity contribution is -0.167. The molecule has 0 saturated heterocycles. The Labute approximate surface area is 455 Å². The van der Waals surface area contributed by atoms with E-state index < -0.39 is 6.10 Å². The second-order valence-corrected chi connectivity index (χ2v) is 22.0. The van der Waals surface area contributed by atoms with Crippen molar-refractivity contribution < 1.29 is 28.6 Å². The fourth-order valence-corrected chi connectivity index (χ4v) is 9.71. The third kappa shape index (κ3) is 60.4. The van der Waals surface area contributed by atoms with Gasteiger partial charge in [0.15, 0.2) is 6.10 Å². The standard InChI is InChI=1S/C67H124O6/c1-4-7-10-13-16-19-22-25-27-29-31-32-33-34-36-37-39-42-45-48-51-54-57-60-66(69)72-63-64(62-71-65(68)59-56-53-50-47-44-41-24-21-18-15-12-9-6-3)73-67(70)61-58-55-52-49-46-43-40-38-35-30-28-26-23-20-17-14-11-8-5-2/h17,20,26,28-29,31,64H,4-16,18-19,21-25,27,30,32-63H2,1-3H3/b20-17-,28-26-,31-29-. The van der Waals surface area contributed by atoms with Crippen LogP contribution in [-0.2, 0) is 28.6 Å². The van der Waals surface area contributed by atoms with Crippen molar-refractivity contribution in [2.45, 2.75) is 361 Å². The third-order valence-corrected chi connectivity index (χ3v) is 14.6. The molecule has 0 bridgehead atoms. The van der Waals surface area contributed by atoms with Gasteiger partial charge < -0.3 is 14.2 Å². The van der Waals surface area contributed by atoms with Crippen molar-refractivity contribution in [1.29, 1.82) is 0 Å². The molecule has 1 unspecified atom stereocenters. The normalized spacial score (nSPS) is 12.2. The predicted octanol–water partition coefficient (Wildman–Crippen LogP) is 22.0. The maximum absolute atomic E-state index is 12.9. The van der Waals surface area contributed by atoms with E-state index in [9.17, 15) is 14.4 Å². The number of esters is 3. The topological polar surface area (TPSA) is 78.9 Å². The van der Waals surface area contributed by atoms with E-state index in [1.165, 1.54) is 250 Å². The molecule has 0 aliphatic rings. The van der Waals surface area contributed by atoms with Crippen molar-refractivity contribution in [2.24, 2.45) is 0 Å². The van der Waals surface area contributed by atoms with Crippen LogP contribution in [0.5, 0.6) is 0 Å². The minimum Gasteiger partial charge on any atom is -0.462 e. The van der Waals surface area contributed by atoms with Gasteiger partial charge in [-0.15, -0.1) is 0 Å². The van der Waals surface area contributed by atoms with Crippen LogP contribution in [0.25, 0.3) is 0 Å². The van der Waals surface area contributed by atoms with E-state index in [4.69, 9.17) is 14.2 Å². The summed E-state index contributed by atoms with van der Waals surface area (Å²) in [5, 5.41) is 0. The van der Waals surface area contributed by atoms with Crippen LogP contribution in [0.2, 0.25) is 0 Å². The van der Waals surface area contributed by atoms with E-state index >= 15 is 0 Å². The van der Waals surface area contributed by atoms with Crippen LogP contribution in [0.3, 0.4) is 0 Å². The van der Waals surface area contributed by atoms with Crippen molar-refractivity contribution in [3.8, 4) is 0 Å². The molecule has 0 aliphatic carbocycles. The van der Waals surface area contributed by atoms with Gasteiger partial charge in [0.05, 0.1) is 0 Å². The van der Waals surface area contributed by atoms with Crippen molar-refractivity contribution >= 4 is 17.9 Å². The average Bonchev–Trinajstić information content (AvgIpc) is 3.39. The summed E-state index contributed by atoms with van der Waals surface area (Å²) in [6.45, 7) is 6.67. The zero-order valence-electron chi connectivity index (χ0n) is 49.2. The lowest BCUT2D eigenvalue weighted by Crippen LogP contribution is -2.30. The van der Waals surface area contributed by atoms with E-state index in [0.29, 0.717) is 19.3 Å². The van der Waals surface area contributed by atoms with Crippen LogP contribution in [-0.4, -0.2) is 37.2 Å². The first kappa shape index (κ1) is 70.6. The van der Waals surface area contributed by atoms with Gasteiger partial charge in [0.25, 0.3) is 0 Å². The number of carbonyl (C=O) groups is 3. The largest absolute Gasteiger partial charge is 0.462 e. The van der Waals surface area contributed by atoms with Gasteiger partial charge in [-0.3, -0.25) is 14.4 Å². The molecule has 0 aliphatic heterocycles. The van der Waals surface area contributed by atoms with E-state index in [1.54, 1.807) is 0 Å². The highest BCUT2D eigenvalue weighted by atomic mass is 16.6. The lowest BCUT2D eigenvalue weighted by atomic mass is 10.0. The summed E-state index contributed by atoms with van der Waals surface area (Å²) in [6, 6.07) is 0. The van der Waals surface area contributed by atoms with Crippen LogP contribution < -0.4 is 0 Å². The second kappa shape index (κ2) is 62.2. The molecule has 6 nitrogen and oxygen atoms in total. The maximum atomic E-state index is 12.9. The molecule has 0 heterocycles. The molecule has 0 fully saturated rings. The molecule has 0 radical (unpaired) electrons. The molecule has 0 aromatic rings. The van der Waals surface area contributed by atoms with Gasteiger partial charge in [0.2, 0.25) is 0 Å². The van der Waals surface area contributed by atoms with Crippen molar-refractivity contribution in [2.75, 3.05) is 13.2 Å². The Kier molecular flexibility index (Phi) is 60.2. The highest BCUT2D eigenvalue weighted by molar-refractivity contribution is 5.71. The van der Waals surface area contributed by atoms with E-state index in [2.05, 4.69) is 57.2 Å². The molecule has 0 saturated carbocycles. The summed E-state index contributed by atoms with van der Waals surface area (Å²) < 4.78 is 16.9.